The number of benzene rings is 2. The topological polar surface area (TPSA) is 75.3 Å². The molecule has 0 unspecified atom stereocenters. The van der Waals surface area contributed by atoms with Crippen molar-refractivity contribution in [2.24, 2.45) is 5.92 Å². The van der Waals surface area contributed by atoms with Crippen molar-refractivity contribution < 1.29 is 13.2 Å². The van der Waals surface area contributed by atoms with Gasteiger partial charge in [-0.2, -0.15) is 0 Å². The van der Waals surface area contributed by atoms with Crippen molar-refractivity contribution >= 4 is 27.3 Å². The fraction of sp³-hybridized carbons (Fsp3) is 0.316. The molecule has 2 N–H and O–H groups in total. The van der Waals surface area contributed by atoms with E-state index in [0.717, 1.165) is 5.56 Å². The van der Waals surface area contributed by atoms with Crippen LogP contribution in [0, 0.1) is 19.8 Å². The van der Waals surface area contributed by atoms with Crippen molar-refractivity contribution in [2.45, 2.75) is 39.0 Å². The van der Waals surface area contributed by atoms with E-state index < -0.39 is 10.0 Å². The Hall–Kier alpha value is -2.34. The molecule has 0 aromatic heterocycles. The number of hydrogen-bond donors (Lipinski definition) is 2. The van der Waals surface area contributed by atoms with Gasteiger partial charge in [0.1, 0.15) is 0 Å². The van der Waals surface area contributed by atoms with Crippen LogP contribution in [0.25, 0.3) is 0 Å². The summed E-state index contributed by atoms with van der Waals surface area (Å²) in [5.41, 5.74) is 2.72. The van der Waals surface area contributed by atoms with Gasteiger partial charge in [-0.3, -0.25) is 9.52 Å². The number of rotatable bonds is 6. The first-order valence-electron chi connectivity index (χ1n) is 8.18. The van der Waals surface area contributed by atoms with Gasteiger partial charge in [-0.15, -0.1) is 0 Å². The van der Waals surface area contributed by atoms with Gasteiger partial charge in [-0.1, -0.05) is 37.6 Å². The van der Waals surface area contributed by atoms with Crippen LogP contribution in [-0.4, -0.2) is 14.3 Å². The summed E-state index contributed by atoms with van der Waals surface area (Å²) in [6.45, 7) is 7.62. The Morgan fingerprint density at radius 2 is 1.60 bits per heavy atom. The summed E-state index contributed by atoms with van der Waals surface area (Å²) in [6.07, 6.45) is 0.415. The first-order chi connectivity index (χ1) is 11.7. The Bertz CT molecular complexity index is 857. The molecule has 0 aliphatic carbocycles. The predicted octanol–water partition coefficient (Wildman–Crippen LogP) is 4.09. The molecule has 2 aromatic rings. The second-order valence-electron chi connectivity index (χ2n) is 6.54. The molecule has 0 spiro atoms. The smallest absolute Gasteiger partial charge is 0.261 e. The minimum Gasteiger partial charge on any atom is -0.326 e. The van der Waals surface area contributed by atoms with Crippen LogP contribution in [0.5, 0.6) is 0 Å². The number of sulfonamides is 1. The van der Waals surface area contributed by atoms with E-state index in [1.165, 1.54) is 0 Å². The second kappa shape index (κ2) is 7.70. The highest BCUT2D eigenvalue weighted by Gasteiger charge is 2.16. The molecular weight excluding hydrogens is 336 g/mol. The van der Waals surface area contributed by atoms with Crippen LogP contribution in [-0.2, 0) is 14.8 Å². The molecule has 2 rings (SSSR count). The van der Waals surface area contributed by atoms with Crippen molar-refractivity contribution in [3.05, 3.63) is 53.6 Å². The highest BCUT2D eigenvalue weighted by atomic mass is 32.2. The molecule has 0 radical (unpaired) electrons. The average Bonchev–Trinajstić information content (AvgIpc) is 2.50. The van der Waals surface area contributed by atoms with Gasteiger partial charge in [0.15, 0.2) is 0 Å². The van der Waals surface area contributed by atoms with Gasteiger partial charge in [-0.05, 0) is 49.6 Å². The van der Waals surface area contributed by atoms with Crippen LogP contribution in [0.15, 0.2) is 47.4 Å². The molecule has 1 amide bonds. The van der Waals surface area contributed by atoms with Gasteiger partial charge in [0.05, 0.1) is 10.6 Å². The number of carbonyl (C=O) groups is 1. The highest BCUT2D eigenvalue weighted by Crippen LogP contribution is 2.26. The maximum Gasteiger partial charge on any atom is 0.261 e. The van der Waals surface area contributed by atoms with Crippen molar-refractivity contribution in [1.29, 1.82) is 0 Å². The summed E-state index contributed by atoms with van der Waals surface area (Å²) in [5, 5.41) is 2.84. The fourth-order valence-corrected chi connectivity index (χ4v) is 3.50. The third kappa shape index (κ3) is 5.06. The maximum atomic E-state index is 12.5. The van der Waals surface area contributed by atoms with Crippen LogP contribution in [0.4, 0.5) is 11.4 Å². The number of anilines is 2. The molecule has 2 aromatic carbocycles. The van der Waals surface area contributed by atoms with E-state index in [9.17, 15) is 13.2 Å². The minimum atomic E-state index is -3.68. The first-order valence-corrected chi connectivity index (χ1v) is 9.66. The van der Waals surface area contributed by atoms with Crippen molar-refractivity contribution in [3.8, 4) is 0 Å². The maximum absolute atomic E-state index is 12.5. The standard InChI is InChI=1S/C19H24N2O3S/c1-13(2)12-19(22)20-17-6-5-7-18(15(17)4)21-25(23,24)16-10-8-14(3)9-11-16/h5-11,13,21H,12H2,1-4H3,(H,20,22). The lowest BCUT2D eigenvalue weighted by Gasteiger charge is -2.15. The van der Waals surface area contributed by atoms with Crippen LogP contribution in [0.3, 0.4) is 0 Å². The Labute approximate surface area is 149 Å². The van der Waals surface area contributed by atoms with Gasteiger partial charge in [0.2, 0.25) is 5.91 Å². The summed E-state index contributed by atoms with van der Waals surface area (Å²) in [7, 11) is -3.68. The lowest BCUT2D eigenvalue weighted by molar-refractivity contribution is -0.116. The molecular formula is C19H24N2O3S. The van der Waals surface area contributed by atoms with Gasteiger partial charge < -0.3 is 5.32 Å². The normalized spacial score (nSPS) is 11.4. The summed E-state index contributed by atoms with van der Waals surface area (Å²) >= 11 is 0. The van der Waals surface area contributed by atoms with Crippen LogP contribution in [0.2, 0.25) is 0 Å². The number of hydrogen-bond acceptors (Lipinski definition) is 3. The first kappa shape index (κ1) is 19.0. The van der Waals surface area contributed by atoms with Crippen molar-refractivity contribution in [1.82, 2.24) is 0 Å². The van der Waals surface area contributed by atoms with E-state index in [1.807, 2.05) is 20.8 Å². The zero-order valence-corrected chi connectivity index (χ0v) is 15.8. The Kier molecular flexibility index (Phi) is 5.85. The number of aryl methyl sites for hydroxylation is 1. The van der Waals surface area contributed by atoms with Crippen molar-refractivity contribution in [3.63, 3.8) is 0 Å². The third-order valence-electron chi connectivity index (χ3n) is 3.78. The zero-order chi connectivity index (χ0) is 18.6. The molecule has 0 fully saturated rings. The van der Waals surface area contributed by atoms with Crippen LogP contribution < -0.4 is 10.0 Å². The molecule has 5 nitrogen and oxygen atoms in total. The minimum absolute atomic E-state index is 0.0864. The van der Waals surface area contributed by atoms with Gasteiger partial charge in [0, 0.05) is 12.1 Å². The monoisotopic (exact) mass is 360 g/mol. The molecule has 6 heteroatoms. The van der Waals surface area contributed by atoms with Crippen LogP contribution >= 0.6 is 0 Å². The molecule has 0 heterocycles. The lowest BCUT2D eigenvalue weighted by atomic mass is 10.1. The summed E-state index contributed by atoms with van der Waals surface area (Å²) < 4.78 is 27.7. The van der Waals surface area contributed by atoms with E-state index in [-0.39, 0.29) is 16.7 Å². The SMILES string of the molecule is Cc1ccc(S(=O)(=O)Nc2cccc(NC(=O)CC(C)C)c2C)cc1. The summed E-state index contributed by atoms with van der Waals surface area (Å²) in [6, 6.07) is 11.8. The number of nitrogens with one attached hydrogen (secondary N) is 2. The zero-order valence-electron chi connectivity index (χ0n) is 15.0. The molecule has 0 saturated heterocycles. The van der Waals surface area contributed by atoms with E-state index in [0.29, 0.717) is 23.4 Å². The Morgan fingerprint density at radius 3 is 2.20 bits per heavy atom. The fourth-order valence-electron chi connectivity index (χ4n) is 2.37. The Balaban J connectivity index is 2.24. The quantitative estimate of drug-likeness (QED) is 0.815. The van der Waals surface area contributed by atoms with E-state index in [4.69, 9.17) is 0 Å². The third-order valence-corrected chi connectivity index (χ3v) is 5.16. The number of carbonyl (C=O) groups excluding carboxylic acids is 1. The molecule has 134 valence electrons. The molecule has 0 bridgehead atoms. The van der Waals surface area contributed by atoms with E-state index in [2.05, 4.69) is 10.0 Å². The lowest BCUT2D eigenvalue weighted by Crippen LogP contribution is -2.17. The molecule has 0 atom stereocenters. The second-order valence-corrected chi connectivity index (χ2v) is 8.23. The average molecular weight is 360 g/mol. The van der Waals surface area contributed by atoms with E-state index in [1.54, 1.807) is 49.4 Å². The molecule has 25 heavy (non-hydrogen) atoms. The van der Waals surface area contributed by atoms with E-state index >= 15 is 0 Å². The van der Waals surface area contributed by atoms with Crippen molar-refractivity contribution in [2.75, 3.05) is 10.0 Å². The number of amides is 1. The molecule has 0 saturated carbocycles. The van der Waals surface area contributed by atoms with Gasteiger partial charge in [0.25, 0.3) is 10.0 Å². The van der Waals surface area contributed by atoms with Gasteiger partial charge >= 0.3 is 0 Å². The summed E-state index contributed by atoms with van der Waals surface area (Å²) in [5.74, 6) is 0.167. The highest BCUT2D eigenvalue weighted by molar-refractivity contribution is 7.92. The molecule has 0 aliphatic rings. The van der Waals surface area contributed by atoms with Gasteiger partial charge in [-0.25, -0.2) is 8.42 Å². The van der Waals surface area contributed by atoms with Crippen LogP contribution in [0.1, 0.15) is 31.4 Å². The summed E-state index contributed by atoms with van der Waals surface area (Å²) in [4.78, 5) is 12.2. The Morgan fingerprint density at radius 1 is 1.00 bits per heavy atom. The molecule has 0 aliphatic heterocycles. The largest absolute Gasteiger partial charge is 0.326 e. The predicted molar refractivity (Wildman–Crippen MR) is 101 cm³/mol.